The largest absolute Gasteiger partial charge is 0.369 e. The van der Waals surface area contributed by atoms with Crippen LogP contribution in [0.3, 0.4) is 0 Å². The predicted octanol–water partition coefficient (Wildman–Crippen LogP) is 1.15. The quantitative estimate of drug-likeness (QED) is 0.641. The molecule has 2 N–H and O–H groups in total. The molecular formula is C11H15NO. The molecule has 70 valence electrons. The second-order valence-electron chi connectivity index (χ2n) is 5.83. The number of carbonyl (C=O) groups is 1. The first-order valence-electron chi connectivity index (χ1n) is 5.51. The van der Waals surface area contributed by atoms with Gasteiger partial charge in [-0.3, -0.25) is 4.79 Å². The lowest BCUT2D eigenvalue weighted by atomic mass is 9.58. The lowest BCUT2D eigenvalue weighted by Crippen LogP contribution is -2.47. The van der Waals surface area contributed by atoms with Gasteiger partial charge in [-0.25, -0.2) is 0 Å². The van der Waals surface area contributed by atoms with Crippen LogP contribution in [0.15, 0.2) is 0 Å². The van der Waals surface area contributed by atoms with Crippen molar-refractivity contribution in [3.63, 3.8) is 0 Å². The maximum Gasteiger partial charge on any atom is 0.223 e. The molecule has 0 aliphatic heterocycles. The van der Waals surface area contributed by atoms with E-state index in [0.29, 0.717) is 0 Å². The lowest BCUT2D eigenvalue weighted by molar-refractivity contribution is -0.135. The van der Waals surface area contributed by atoms with Crippen LogP contribution in [-0.2, 0) is 4.79 Å². The summed E-state index contributed by atoms with van der Waals surface area (Å²) in [5.74, 6) is 4.75. The molecule has 0 unspecified atom stereocenters. The van der Waals surface area contributed by atoms with E-state index in [4.69, 9.17) is 5.73 Å². The van der Waals surface area contributed by atoms with E-state index in [9.17, 15) is 4.79 Å². The van der Waals surface area contributed by atoms with E-state index in [1.807, 2.05) is 0 Å². The molecule has 0 aromatic heterocycles. The fraction of sp³-hybridized carbons (Fsp3) is 0.909. The van der Waals surface area contributed by atoms with Crippen LogP contribution in [0.25, 0.3) is 0 Å². The number of nitrogens with two attached hydrogens (primary N) is 1. The van der Waals surface area contributed by atoms with Crippen LogP contribution in [0, 0.1) is 35.0 Å². The summed E-state index contributed by atoms with van der Waals surface area (Å²) in [5.41, 5.74) is 5.52. The Morgan fingerprint density at radius 3 is 2.23 bits per heavy atom. The van der Waals surface area contributed by atoms with Crippen LogP contribution in [0.5, 0.6) is 0 Å². The van der Waals surface area contributed by atoms with E-state index < -0.39 is 0 Å². The molecule has 1 amide bonds. The number of hydrogen-bond donors (Lipinski definition) is 1. The summed E-state index contributed by atoms with van der Waals surface area (Å²) < 4.78 is 0. The molecule has 5 rings (SSSR count). The molecular weight excluding hydrogens is 162 g/mol. The van der Waals surface area contributed by atoms with Crippen molar-refractivity contribution in [3.8, 4) is 0 Å². The van der Waals surface area contributed by atoms with Gasteiger partial charge in [0.1, 0.15) is 0 Å². The number of hydrogen-bond acceptors (Lipinski definition) is 1. The third-order valence-corrected chi connectivity index (χ3v) is 5.44. The van der Waals surface area contributed by atoms with E-state index >= 15 is 0 Å². The number of carbonyl (C=O) groups excluding carboxylic acids is 1. The summed E-state index contributed by atoms with van der Waals surface area (Å²) >= 11 is 0. The molecule has 0 radical (unpaired) electrons. The topological polar surface area (TPSA) is 43.1 Å². The molecule has 2 heteroatoms. The Bertz CT molecular complexity index is 293. The predicted molar refractivity (Wildman–Crippen MR) is 47.5 cm³/mol. The van der Waals surface area contributed by atoms with Crippen molar-refractivity contribution in [2.45, 2.75) is 25.7 Å². The summed E-state index contributed by atoms with van der Waals surface area (Å²) in [6, 6.07) is 0. The third-order valence-electron chi connectivity index (χ3n) is 5.44. The maximum atomic E-state index is 11.5. The Balaban J connectivity index is 1.81. The minimum atomic E-state index is -0.0399. The molecule has 0 heterocycles. The van der Waals surface area contributed by atoms with E-state index in [-0.39, 0.29) is 11.3 Å². The molecule has 4 bridgehead atoms. The van der Waals surface area contributed by atoms with Gasteiger partial charge in [0, 0.05) is 5.41 Å². The highest BCUT2D eigenvalue weighted by Gasteiger charge is 2.73. The van der Waals surface area contributed by atoms with Gasteiger partial charge in [0.05, 0.1) is 0 Å². The molecule has 5 aliphatic rings. The van der Waals surface area contributed by atoms with Crippen molar-refractivity contribution >= 4 is 5.91 Å². The van der Waals surface area contributed by atoms with Crippen LogP contribution in [0.2, 0.25) is 0 Å². The number of amides is 1. The van der Waals surface area contributed by atoms with E-state index in [1.54, 1.807) is 0 Å². The molecule has 0 aromatic carbocycles. The van der Waals surface area contributed by atoms with Crippen molar-refractivity contribution in [2.75, 3.05) is 0 Å². The fourth-order valence-corrected chi connectivity index (χ4v) is 5.18. The highest BCUT2D eigenvalue weighted by atomic mass is 16.1. The van der Waals surface area contributed by atoms with Crippen LogP contribution in [0.1, 0.15) is 25.7 Å². The van der Waals surface area contributed by atoms with Gasteiger partial charge in [-0.05, 0) is 55.3 Å². The van der Waals surface area contributed by atoms with Crippen LogP contribution < -0.4 is 5.73 Å². The Morgan fingerprint density at radius 2 is 1.77 bits per heavy atom. The first kappa shape index (κ1) is 6.86. The average molecular weight is 177 g/mol. The molecule has 13 heavy (non-hydrogen) atoms. The third kappa shape index (κ3) is 0.570. The van der Waals surface area contributed by atoms with Gasteiger partial charge in [0.15, 0.2) is 0 Å². The van der Waals surface area contributed by atoms with Gasteiger partial charge in [0.2, 0.25) is 5.91 Å². The lowest BCUT2D eigenvalue weighted by Gasteiger charge is -2.46. The summed E-state index contributed by atoms with van der Waals surface area (Å²) in [4.78, 5) is 11.5. The Hall–Kier alpha value is -0.530. The Morgan fingerprint density at radius 1 is 1.15 bits per heavy atom. The minimum absolute atomic E-state index is 0.00556. The second-order valence-corrected chi connectivity index (χ2v) is 5.83. The van der Waals surface area contributed by atoms with Gasteiger partial charge >= 0.3 is 0 Å². The highest BCUT2D eigenvalue weighted by molar-refractivity contribution is 5.81. The minimum Gasteiger partial charge on any atom is -0.369 e. The van der Waals surface area contributed by atoms with E-state index in [1.165, 1.54) is 6.42 Å². The molecule has 2 nitrogen and oxygen atoms in total. The number of primary amides is 1. The molecule has 5 saturated carbocycles. The van der Waals surface area contributed by atoms with Crippen molar-refractivity contribution in [1.29, 1.82) is 0 Å². The molecule has 0 spiro atoms. The molecule has 4 atom stereocenters. The molecule has 0 saturated heterocycles. The first-order valence-corrected chi connectivity index (χ1v) is 5.51. The molecule has 5 aliphatic carbocycles. The van der Waals surface area contributed by atoms with Gasteiger partial charge < -0.3 is 5.73 Å². The smallest absolute Gasteiger partial charge is 0.223 e. The monoisotopic (exact) mass is 177 g/mol. The second kappa shape index (κ2) is 1.67. The van der Waals surface area contributed by atoms with Crippen molar-refractivity contribution in [2.24, 2.45) is 40.7 Å². The van der Waals surface area contributed by atoms with Crippen LogP contribution >= 0.6 is 0 Å². The summed E-state index contributed by atoms with van der Waals surface area (Å²) in [7, 11) is 0. The SMILES string of the molecule is NC(=O)C12CC3[C@@H]4[C@@H](C[C@@H](C1)[C@@H]34)C2. The zero-order chi connectivity index (χ0) is 8.79. The van der Waals surface area contributed by atoms with Crippen LogP contribution in [0.4, 0.5) is 0 Å². The summed E-state index contributed by atoms with van der Waals surface area (Å²) in [5, 5.41) is 0. The van der Waals surface area contributed by atoms with Gasteiger partial charge in [-0.1, -0.05) is 0 Å². The normalized spacial score (nSPS) is 65.4. The first-order chi connectivity index (χ1) is 6.21. The maximum absolute atomic E-state index is 11.5. The van der Waals surface area contributed by atoms with Crippen molar-refractivity contribution < 1.29 is 4.79 Å². The zero-order valence-electron chi connectivity index (χ0n) is 7.70. The van der Waals surface area contributed by atoms with Crippen molar-refractivity contribution in [1.82, 2.24) is 0 Å². The number of rotatable bonds is 1. The Kier molecular flexibility index (Phi) is 0.879. The van der Waals surface area contributed by atoms with Crippen molar-refractivity contribution in [3.05, 3.63) is 0 Å². The standard InChI is InChI=1S/C11H15NO/c12-10(13)11-2-5-1-6(3-11)9-7(4-11)8(5)9/h5-9H,1-4H2,(H2,12,13)/t5-,6-,7?,8-,9-,11?/m0/s1. The van der Waals surface area contributed by atoms with Gasteiger partial charge in [-0.15, -0.1) is 0 Å². The fourth-order valence-electron chi connectivity index (χ4n) is 5.18. The summed E-state index contributed by atoms with van der Waals surface area (Å²) in [6.45, 7) is 0. The molecule has 5 fully saturated rings. The van der Waals surface area contributed by atoms with E-state index in [2.05, 4.69) is 0 Å². The highest BCUT2D eigenvalue weighted by Crippen LogP contribution is 2.77. The van der Waals surface area contributed by atoms with Crippen LogP contribution in [-0.4, -0.2) is 5.91 Å². The molecule has 0 aromatic rings. The van der Waals surface area contributed by atoms with Gasteiger partial charge in [-0.2, -0.15) is 0 Å². The van der Waals surface area contributed by atoms with E-state index in [0.717, 1.165) is 48.9 Å². The average Bonchev–Trinajstić information content (AvgIpc) is 2.71. The summed E-state index contributed by atoms with van der Waals surface area (Å²) in [6.07, 6.45) is 4.83. The Labute approximate surface area is 77.9 Å². The zero-order valence-corrected chi connectivity index (χ0v) is 7.70. The van der Waals surface area contributed by atoms with Gasteiger partial charge in [0.25, 0.3) is 0 Å².